The molecule has 2 N–H and O–H groups in total. The maximum atomic E-state index is 11.7. The van der Waals surface area contributed by atoms with E-state index in [0.29, 0.717) is 19.6 Å². The molecule has 0 unspecified atom stereocenters. The SMILES string of the molecule is CCS(=O)(=O)N(C)CCCNC(=NC)NCc1ccc(C)cc1C.I. The second-order valence-corrected chi connectivity index (χ2v) is 8.22. The minimum Gasteiger partial charge on any atom is -0.356 e. The number of halogens is 1. The van der Waals surface area contributed by atoms with Gasteiger partial charge in [0.1, 0.15) is 0 Å². The van der Waals surface area contributed by atoms with E-state index in [9.17, 15) is 8.42 Å². The second kappa shape index (κ2) is 11.7. The van der Waals surface area contributed by atoms with E-state index in [2.05, 4.69) is 47.7 Å². The van der Waals surface area contributed by atoms with Crippen LogP contribution < -0.4 is 10.6 Å². The smallest absolute Gasteiger partial charge is 0.213 e. The van der Waals surface area contributed by atoms with Gasteiger partial charge < -0.3 is 10.6 Å². The summed E-state index contributed by atoms with van der Waals surface area (Å²) >= 11 is 0. The van der Waals surface area contributed by atoms with Crippen LogP contribution in [0.3, 0.4) is 0 Å². The van der Waals surface area contributed by atoms with Gasteiger partial charge in [-0.1, -0.05) is 23.8 Å². The number of hydrogen-bond acceptors (Lipinski definition) is 3. The molecule has 0 aliphatic heterocycles. The molecule has 1 rings (SSSR count). The lowest BCUT2D eigenvalue weighted by Gasteiger charge is -2.17. The Bertz CT molecular complexity index is 663. The molecule has 144 valence electrons. The Morgan fingerprint density at radius 1 is 1.24 bits per heavy atom. The summed E-state index contributed by atoms with van der Waals surface area (Å²) in [5.74, 6) is 0.853. The molecule has 0 spiro atoms. The third kappa shape index (κ3) is 8.37. The van der Waals surface area contributed by atoms with Crippen LogP contribution in [-0.2, 0) is 16.6 Å². The molecule has 6 nitrogen and oxygen atoms in total. The summed E-state index contributed by atoms with van der Waals surface area (Å²) < 4.78 is 24.7. The molecule has 25 heavy (non-hydrogen) atoms. The van der Waals surface area contributed by atoms with Gasteiger partial charge in [-0.15, -0.1) is 24.0 Å². The van der Waals surface area contributed by atoms with Crippen molar-refractivity contribution in [3.05, 3.63) is 34.9 Å². The highest BCUT2D eigenvalue weighted by Crippen LogP contribution is 2.09. The van der Waals surface area contributed by atoms with Crippen LogP contribution in [0.25, 0.3) is 0 Å². The first-order valence-electron chi connectivity index (χ1n) is 8.24. The fourth-order valence-electron chi connectivity index (χ4n) is 2.31. The van der Waals surface area contributed by atoms with Crippen molar-refractivity contribution < 1.29 is 8.42 Å². The van der Waals surface area contributed by atoms with Crippen molar-refractivity contribution in [1.82, 2.24) is 14.9 Å². The number of benzene rings is 1. The minimum atomic E-state index is -3.10. The molecule has 0 fully saturated rings. The number of aliphatic imine (C=N–C) groups is 1. The monoisotopic (exact) mass is 482 g/mol. The number of sulfonamides is 1. The molecule has 0 radical (unpaired) electrons. The summed E-state index contributed by atoms with van der Waals surface area (Å²) in [5.41, 5.74) is 3.74. The van der Waals surface area contributed by atoms with Crippen LogP contribution in [0.5, 0.6) is 0 Å². The Morgan fingerprint density at radius 3 is 2.48 bits per heavy atom. The molecule has 8 heteroatoms. The highest BCUT2D eigenvalue weighted by atomic mass is 127. The Hall–Kier alpha value is -0.870. The Kier molecular flexibility index (Phi) is 11.3. The number of aryl methyl sites for hydroxylation is 2. The van der Waals surface area contributed by atoms with Crippen LogP contribution in [-0.4, -0.2) is 51.6 Å². The van der Waals surface area contributed by atoms with Gasteiger partial charge in [0.05, 0.1) is 5.75 Å². The summed E-state index contributed by atoms with van der Waals surface area (Å²) in [6, 6.07) is 6.39. The average molecular weight is 482 g/mol. The molecule has 0 aromatic heterocycles. The Balaban J connectivity index is 0.00000576. The molecule has 0 atom stereocenters. The van der Waals surface area contributed by atoms with E-state index >= 15 is 0 Å². The first-order chi connectivity index (χ1) is 11.3. The quantitative estimate of drug-likeness (QED) is 0.258. The van der Waals surface area contributed by atoms with E-state index in [1.165, 1.54) is 21.0 Å². The zero-order valence-electron chi connectivity index (χ0n) is 15.8. The van der Waals surface area contributed by atoms with Crippen LogP contribution in [0.15, 0.2) is 23.2 Å². The van der Waals surface area contributed by atoms with Crippen molar-refractivity contribution >= 4 is 40.0 Å². The standard InChI is InChI=1S/C17H30N4O2S.HI/c1-6-24(22,23)21(5)11-7-10-19-17(18-4)20-13-16-9-8-14(2)12-15(16)3;/h8-9,12H,6-7,10-11,13H2,1-5H3,(H2,18,19,20);1H. The van der Waals surface area contributed by atoms with E-state index in [-0.39, 0.29) is 29.7 Å². The number of rotatable bonds is 8. The number of nitrogens with zero attached hydrogens (tertiary/aromatic N) is 2. The molecule has 0 aliphatic rings. The van der Waals surface area contributed by atoms with E-state index in [4.69, 9.17) is 0 Å². The van der Waals surface area contributed by atoms with Crippen molar-refractivity contribution in [3.63, 3.8) is 0 Å². The van der Waals surface area contributed by atoms with Gasteiger partial charge in [0.25, 0.3) is 0 Å². The van der Waals surface area contributed by atoms with E-state index in [1.807, 2.05) is 0 Å². The predicted octanol–water partition coefficient (Wildman–Crippen LogP) is 2.26. The van der Waals surface area contributed by atoms with Crippen molar-refractivity contribution in [2.45, 2.75) is 33.7 Å². The molecule has 1 aromatic rings. The van der Waals surface area contributed by atoms with Crippen molar-refractivity contribution in [1.29, 1.82) is 0 Å². The van der Waals surface area contributed by atoms with Crippen molar-refractivity contribution in [3.8, 4) is 0 Å². The Morgan fingerprint density at radius 2 is 1.92 bits per heavy atom. The summed E-state index contributed by atoms with van der Waals surface area (Å²) in [7, 11) is 0.245. The maximum Gasteiger partial charge on any atom is 0.213 e. The first kappa shape index (κ1) is 24.1. The molecule has 0 saturated carbocycles. The first-order valence-corrected chi connectivity index (χ1v) is 9.85. The van der Waals surface area contributed by atoms with Crippen LogP contribution >= 0.6 is 24.0 Å². The zero-order chi connectivity index (χ0) is 18.2. The van der Waals surface area contributed by atoms with Gasteiger partial charge in [-0.25, -0.2) is 12.7 Å². The fourth-order valence-corrected chi connectivity index (χ4v) is 3.16. The van der Waals surface area contributed by atoms with Crippen LogP contribution in [0.1, 0.15) is 30.0 Å². The average Bonchev–Trinajstić information content (AvgIpc) is 2.55. The van der Waals surface area contributed by atoms with Crippen LogP contribution in [0.4, 0.5) is 0 Å². The lowest BCUT2D eigenvalue weighted by Crippen LogP contribution is -2.38. The van der Waals surface area contributed by atoms with Crippen LogP contribution in [0.2, 0.25) is 0 Å². The summed E-state index contributed by atoms with van der Waals surface area (Å²) in [4.78, 5) is 4.19. The minimum absolute atomic E-state index is 0. The van der Waals surface area contributed by atoms with Crippen molar-refractivity contribution in [2.75, 3.05) is 32.9 Å². The molecule has 0 saturated heterocycles. The largest absolute Gasteiger partial charge is 0.356 e. The molecule has 1 aromatic carbocycles. The molecular weight excluding hydrogens is 451 g/mol. The molecule has 0 amide bonds. The van der Waals surface area contributed by atoms with E-state index in [1.54, 1.807) is 21.0 Å². The number of nitrogens with one attached hydrogen (secondary N) is 2. The lowest BCUT2D eigenvalue weighted by molar-refractivity contribution is 0.461. The molecular formula is C17H31IN4O2S. The van der Waals surface area contributed by atoms with E-state index in [0.717, 1.165) is 12.4 Å². The number of hydrogen-bond donors (Lipinski definition) is 2. The second-order valence-electron chi connectivity index (χ2n) is 5.86. The van der Waals surface area contributed by atoms with Gasteiger partial charge in [-0.05, 0) is 38.3 Å². The topological polar surface area (TPSA) is 73.8 Å². The lowest BCUT2D eigenvalue weighted by atomic mass is 10.1. The molecule has 0 aliphatic carbocycles. The molecule has 0 bridgehead atoms. The molecule has 0 heterocycles. The van der Waals surface area contributed by atoms with Crippen LogP contribution in [0, 0.1) is 13.8 Å². The van der Waals surface area contributed by atoms with Gasteiger partial charge in [-0.2, -0.15) is 0 Å². The van der Waals surface area contributed by atoms with Gasteiger partial charge in [-0.3, -0.25) is 4.99 Å². The maximum absolute atomic E-state index is 11.7. The van der Waals surface area contributed by atoms with Gasteiger partial charge in [0.2, 0.25) is 10.0 Å². The summed E-state index contributed by atoms with van der Waals surface area (Å²) in [5, 5.41) is 6.50. The third-order valence-corrected chi connectivity index (χ3v) is 5.81. The van der Waals surface area contributed by atoms with E-state index < -0.39 is 10.0 Å². The summed E-state index contributed by atoms with van der Waals surface area (Å²) in [6.07, 6.45) is 0.722. The highest BCUT2D eigenvalue weighted by molar-refractivity contribution is 14.0. The Labute approximate surface area is 169 Å². The predicted molar refractivity (Wildman–Crippen MR) is 116 cm³/mol. The normalized spacial score (nSPS) is 12.0. The van der Waals surface area contributed by atoms with Gasteiger partial charge >= 0.3 is 0 Å². The summed E-state index contributed by atoms with van der Waals surface area (Å²) in [6.45, 7) is 7.71. The van der Waals surface area contributed by atoms with Gasteiger partial charge in [0.15, 0.2) is 5.96 Å². The third-order valence-electron chi connectivity index (χ3n) is 3.95. The zero-order valence-corrected chi connectivity index (χ0v) is 18.9. The van der Waals surface area contributed by atoms with Crippen molar-refractivity contribution in [2.24, 2.45) is 4.99 Å². The van der Waals surface area contributed by atoms with Gasteiger partial charge in [0, 0.05) is 33.7 Å². The fraction of sp³-hybridized carbons (Fsp3) is 0.588. The number of guanidine groups is 1. The highest BCUT2D eigenvalue weighted by Gasteiger charge is 2.13.